The first kappa shape index (κ1) is 17.9. The molecule has 0 fully saturated rings. The minimum atomic E-state index is 0.00170. The van der Waals surface area contributed by atoms with Gasteiger partial charge in [0.1, 0.15) is 0 Å². The first-order valence-electron chi connectivity index (χ1n) is 7.73. The largest absolute Gasteiger partial charge is 0.396 e. The predicted octanol–water partition coefficient (Wildman–Crippen LogP) is 1.72. The highest BCUT2D eigenvalue weighted by Crippen LogP contribution is 2.28. The molecule has 0 saturated carbocycles. The molecule has 2 aromatic rings. The summed E-state index contributed by atoms with van der Waals surface area (Å²) in [5.74, 6) is 1.16. The summed E-state index contributed by atoms with van der Waals surface area (Å²) >= 11 is 3.49. The first-order chi connectivity index (χ1) is 10.9. The van der Waals surface area contributed by atoms with Gasteiger partial charge in [-0.1, -0.05) is 0 Å². The highest BCUT2D eigenvalue weighted by molar-refractivity contribution is 9.10. The lowest BCUT2D eigenvalue weighted by Crippen LogP contribution is -2.26. The van der Waals surface area contributed by atoms with E-state index in [4.69, 9.17) is 10.8 Å². The second-order valence-electron chi connectivity index (χ2n) is 5.77. The van der Waals surface area contributed by atoms with E-state index in [0.29, 0.717) is 41.5 Å². The Labute approximate surface area is 144 Å². The number of aliphatic hydroxyl groups is 1. The van der Waals surface area contributed by atoms with Gasteiger partial charge in [0.05, 0.1) is 0 Å². The van der Waals surface area contributed by atoms with E-state index in [-0.39, 0.29) is 18.7 Å². The lowest BCUT2D eigenvalue weighted by atomic mass is 10.3. The average molecular weight is 386 g/mol. The van der Waals surface area contributed by atoms with Crippen LogP contribution in [0.25, 0.3) is 11.2 Å². The van der Waals surface area contributed by atoms with E-state index in [2.05, 4.69) is 55.4 Å². The zero-order chi connectivity index (χ0) is 17.0. The fourth-order valence-electron chi connectivity index (χ4n) is 2.15. The smallest absolute Gasteiger partial charge is 0.226 e. The molecule has 0 spiro atoms. The maximum atomic E-state index is 8.95. The third-order valence-corrected chi connectivity index (χ3v) is 3.78. The molecule has 0 amide bonds. The van der Waals surface area contributed by atoms with Crippen LogP contribution >= 0.6 is 15.9 Å². The highest BCUT2D eigenvalue weighted by Gasteiger charge is 2.18. The third kappa shape index (κ3) is 4.30. The fraction of sp³-hybridized carbons (Fsp3) is 0.643. The van der Waals surface area contributed by atoms with Crippen molar-refractivity contribution in [2.75, 3.05) is 30.3 Å². The number of halogens is 1. The SMILES string of the molecule is CC(N)CNc1nc(NCCCO)c2nc(Br)n(C(C)C)c2n1. The Balaban J connectivity index is 2.45. The van der Waals surface area contributed by atoms with Crippen molar-refractivity contribution in [1.29, 1.82) is 0 Å². The van der Waals surface area contributed by atoms with E-state index in [1.807, 2.05) is 11.5 Å². The van der Waals surface area contributed by atoms with E-state index < -0.39 is 0 Å². The van der Waals surface area contributed by atoms with Crippen molar-refractivity contribution >= 4 is 38.9 Å². The zero-order valence-electron chi connectivity index (χ0n) is 13.7. The number of nitrogens with zero attached hydrogens (tertiary/aromatic N) is 4. The van der Waals surface area contributed by atoms with Gasteiger partial charge in [-0.3, -0.25) is 0 Å². The maximum absolute atomic E-state index is 8.95. The van der Waals surface area contributed by atoms with E-state index in [1.54, 1.807) is 0 Å². The monoisotopic (exact) mass is 385 g/mol. The van der Waals surface area contributed by atoms with E-state index in [1.165, 1.54) is 0 Å². The van der Waals surface area contributed by atoms with Crippen molar-refractivity contribution in [3.8, 4) is 0 Å². The zero-order valence-corrected chi connectivity index (χ0v) is 15.3. The van der Waals surface area contributed by atoms with Crippen molar-refractivity contribution in [2.45, 2.75) is 39.3 Å². The molecule has 9 heteroatoms. The van der Waals surface area contributed by atoms with Gasteiger partial charge in [0, 0.05) is 31.8 Å². The molecule has 5 N–H and O–H groups in total. The van der Waals surface area contributed by atoms with Crippen LogP contribution in [0.15, 0.2) is 4.73 Å². The molecule has 8 nitrogen and oxygen atoms in total. The number of imidazole rings is 1. The number of nitrogens with one attached hydrogen (secondary N) is 2. The summed E-state index contributed by atoms with van der Waals surface area (Å²) in [6.45, 7) is 7.38. The van der Waals surface area contributed by atoms with Gasteiger partial charge < -0.3 is 26.0 Å². The number of hydrogen-bond donors (Lipinski definition) is 4. The average Bonchev–Trinajstić information content (AvgIpc) is 2.81. The van der Waals surface area contributed by atoms with Gasteiger partial charge in [0.25, 0.3) is 0 Å². The van der Waals surface area contributed by atoms with Gasteiger partial charge in [0.2, 0.25) is 5.95 Å². The van der Waals surface area contributed by atoms with Crippen LogP contribution in [0.2, 0.25) is 0 Å². The number of anilines is 2. The van der Waals surface area contributed by atoms with Crippen molar-refractivity contribution in [3.63, 3.8) is 0 Å². The normalized spacial score (nSPS) is 12.8. The molecule has 1 atom stereocenters. The van der Waals surface area contributed by atoms with Crippen LogP contribution in [0.1, 0.15) is 33.2 Å². The molecule has 0 saturated heterocycles. The van der Waals surface area contributed by atoms with Crippen molar-refractivity contribution in [1.82, 2.24) is 19.5 Å². The molecular formula is C14H24BrN7O. The fourth-order valence-corrected chi connectivity index (χ4v) is 2.90. The summed E-state index contributed by atoms with van der Waals surface area (Å²) < 4.78 is 2.72. The van der Waals surface area contributed by atoms with Gasteiger partial charge in [-0.25, -0.2) is 4.98 Å². The van der Waals surface area contributed by atoms with E-state index in [9.17, 15) is 0 Å². The van der Waals surface area contributed by atoms with E-state index >= 15 is 0 Å². The molecular weight excluding hydrogens is 362 g/mol. The molecule has 0 aromatic carbocycles. The van der Waals surface area contributed by atoms with Gasteiger partial charge in [-0.05, 0) is 43.1 Å². The summed E-state index contributed by atoms with van der Waals surface area (Å²) in [5, 5.41) is 15.3. The Hall–Kier alpha value is -1.45. The first-order valence-corrected chi connectivity index (χ1v) is 8.53. The van der Waals surface area contributed by atoms with Crippen LogP contribution in [-0.4, -0.2) is 50.4 Å². The summed E-state index contributed by atoms with van der Waals surface area (Å²) in [5.41, 5.74) is 7.24. The predicted molar refractivity (Wildman–Crippen MR) is 95.7 cm³/mol. The third-order valence-electron chi connectivity index (χ3n) is 3.22. The summed E-state index contributed by atoms with van der Waals surface area (Å²) in [6.07, 6.45) is 0.639. The molecule has 2 aromatic heterocycles. The van der Waals surface area contributed by atoms with Crippen molar-refractivity contribution in [3.05, 3.63) is 4.73 Å². The maximum Gasteiger partial charge on any atom is 0.226 e. The van der Waals surface area contributed by atoms with Gasteiger partial charge in [0.15, 0.2) is 21.7 Å². The lowest BCUT2D eigenvalue weighted by molar-refractivity contribution is 0.292. The number of nitrogens with two attached hydrogens (primary N) is 1. The minimum Gasteiger partial charge on any atom is -0.396 e. The van der Waals surface area contributed by atoms with Crippen LogP contribution < -0.4 is 16.4 Å². The molecule has 0 aliphatic rings. The minimum absolute atomic E-state index is 0.00170. The summed E-state index contributed by atoms with van der Waals surface area (Å²) in [4.78, 5) is 13.6. The van der Waals surface area contributed by atoms with Gasteiger partial charge >= 0.3 is 0 Å². The Morgan fingerprint density at radius 3 is 2.57 bits per heavy atom. The number of fused-ring (bicyclic) bond motifs is 1. The quantitative estimate of drug-likeness (QED) is 0.404. The lowest BCUT2D eigenvalue weighted by Gasteiger charge is -2.13. The van der Waals surface area contributed by atoms with Crippen LogP contribution in [0.4, 0.5) is 11.8 Å². The summed E-state index contributed by atoms with van der Waals surface area (Å²) in [7, 11) is 0. The molecule has 0 bridgehead atoms. The number of hydrogen-bond acceptors (Lipinski definition) is 7. The molecule has 1 unspecified atom stereocenters. The second kappa shape index (κ2) is 7.89. The Kier molecular flexibility index (Phi) is 6.14. The Morgan fingerprint density at radius 2 is 1.96 bits per heavy atom. The number of aromatic nitrogens is 4. The topological polar surface area (TPSA) is 114 Å². The van der Waals surface area contributed by atoms with Crippen molar-refractivity contribution in [2.24, 2.45) is 5.73 Å². The van der Waals surface area contributed by atoms with Crippen LogP contribution in [-0.2, 0) is 0 Å². The highest BCUT2D eigenvalue weighted by atomic mass is 79.9. The van der Waals surface area contributed by atoms with Gasteiger partial charge in [-0.2, -0.15) is 9.97 Å². The van der Waals surface area contributed by atoms with Gasteiger partial charge in [-0.15, -0.1) is 0 Å². The van der Waals surface area contributed by atoms with Crippen LogP contribution in [0, 0.1) is 0 Å². The molecule has 23 heavy (non-hydrogen) atoms. The molecule has 2 heterocycles. The standard InChI is InChI=1S/C14H24BrN7O/c1-8(2)22-12-10(19-13(22)15)11(17-5-4-6-23)20-14(21-12)18-7-9(3)16/h8-9,23H,4-7,16H2,1-3H3,(H2,17,18,20,21). The molecule has 2 rings (SSSR count). The number of aliphatic hydroxyl groups excluding tert-OH is 1. The Morgan fingerprint density at radius 1 is 1.22 bits per heavy atom. The van der Waals surface area contributed by atoms with Crippen LogP contribution in [0.3, 0.4) is 0 Å². The Bertz CT molecular complexity index is 656. The van der Waals surface area contributed by atoms with E-state index in [0.717, 1.165) is 5.65 Å². The van der Waals surface area contributed by atoms with Crippen molar-refractivity contribution < 1.29 is 5.11 Å². The molecule has 0 aliphatic carbocycles. The number of rotatable bonds is 8. The molecule has 0 radical (unpaired) electrons. The summed E-state index contributed by atoms with van der Waals surface area (Å²) in [6, 6.07) is 0.206. The van der Waals surface area contributed by atoms with Crippen LogP contribution in [0.5, 0.6) is 0 Å². The second-order valence-corrected chi connectivity index (χ2v) is 6.48. The molecule has 0 aliphatic heterocycles. The molecule has 128 valence electrons.